The van der Waals surface area contributed by atoms with Crippen molar-refractivity contribution in [1.82, 2.24) is 4.31 Å². The first kappa shape index (κ1) is 17.7. The first-order valence-corrected chi connectivity index (χ1v) is 8.21. The molecule has 0 aliphatic rings. The zero-order valence-corrected chi connectivity index (χ0v) is 12.8. The highest BCUT2D eigenvalue weighted by Gasteiger charge is 2.19. The molecule has 0 fully saturated rings. The van der Waals surface area contributed by atoms with E-state index in [2.05, 4.69) is 6.58 Å². The third-order valence-corrected chi connectivity index (χ3v) is 4.23. The van der Waals surface area contributed by atoms with Crippen LogP contribution in [0.25, 0.3) is 0 Å². The van der Waals surface area contributed by atoms with Gasteiger partial charge in [0.1, 0.15) is 0 Å². The van der Waals surface area contributed by atoms with E-state index in [9.17, 15) is 8.42 Å². The Labute approximate surface area is 120 Å². The number of sulfonamides is 1. The van der Waals surface area contributed by atoms with Crippen LogP contribution in [0.15, 0.2) is 36.5 Å². The first-order valence-electron chi connectivity index (χ1n) is 5.53. The molecule has 0 aliphatic heterocycles. The van der Waals surface area contributed by atoms with E-state index in [1.165, 1.54) is 4.31 Å². The highest BCUT2D eigenvalue weighted by Crippen LogP contribution is 2.05. The minimum Gasteiger partial charge on any atom is -0.212 e. The quantitative estimate of drug-likeness (QED) is 0.485. The second-order valence-electron chi connectivity index (χ2n) is 3.60. The fraction of sp³-hybridized carbons (Fsp3) is 0.500. The van der Waals surface area contributed by atoms with Crippen LogP contribution in [0.3, 0.4) is 0 Å². The maximum absolute atomic E-state index is 12.0. The second-order valence-corrected chi connectivity index (χ2v) is 6.37. The zero-order valence-electron chi connectivity index (χ0n) is 10.5. The molecule has 0 saturated carbocycles. The van der Waals surface area contributed by atoms with Crippen LogP contribution in [0.2, 0.25) is 0 Å². The topological polar surface area (TPSA) is 37.4 Å². The third-order valence-electron chi connectivity index (χ3n) is 2.13. The molecule has 3 nitrogen and oxygen atoms in total. The van der Waals surface area contributed by atoms with Crippen molar-refractivity contribution in [2.45, 2.75) is 6.92 Å². The Kier molecular flexibility index (Phi) is 9.46. The Balaban J connectivity index is 4.62. The molecule has 0 aliphatic carbocycles. The average Bonchev–Trinajstić information content (AvgIpc) is 2.29. The number of allylic oxidation sites excluding steroid dienone is 4. The van der Waals surface area contributed by atoms with Crippen molar-refractivity contribution < 1.29 is 8.42 Å². The molecule has 0 N–H and O–H groups in total. The lowest BCUT2D eigenvalue weighted by Crippen LogP contribution is -2.35. The summed E-state index contributed by atoms with van der Waals surface area (Å²) >= 11 is 11.2. The van der Waals surface area contributed by atoms with Crippen LogP contribution < -0.4 is 0 Å². The molecule has 0 spiro atoms. The van der Waals surface area contributed by atoms with E-state index in [4.69, 9.17) is 23.2 Å². The van der Waals surface area contributed by atoms with Crippen molar-refractivity contribution >= 4 is 33.2 Å². The summed E-state index contributed by atoms with van der Waals surface area (Å²) in [6.07, 6.45) is 6.82. The van der Waals surface area contributed by atoms with Gasteiger partial charge in [-0.15, -0.1) is 23.2 Å². The van der Waals surface area contributed by atoms with E-state index in [1.807, 2.05) is 6.92 Å². The van der Waals surface area contributed by atoms with E-state index >= 15 is 0 Å². The van der Waals surface area contributed by atoms with Crippen LogP contribution >= 0.6 is 23.2 Å². The predicted molar refractivity (Wildman–Crippen MR) is 79.9 cm³/mol. The average molecular weight is 312 g/mol. The number of alkyl halides is 2. The van der Waals surface area contributed by atoms with Gasteiger partial charge in [0, 0.05) is 24.8 Å². The summed E-state index contributed by atoms with van der Waals surface area (Å²) in [5.74, 6) is 0.466. The lowest BCUT2D eigenvalue weighted by Gasteiger charge is -2.18. The molecule has 18 heavy (non-hydrogen) atoms. The van der Waals surface area contributed by atoms with Crippen LogP contribution in [0.1, 0.15) is 6.92 Å². The summed E-state index contributed by atoms with van der Waals surface area (Å²) in [6.45, 7) is 6.01. The van der Waals surface area contributed by atoms with E-state index in [-0.39, 0.29) is 30.6 Å². The Morgan fingerprint density at radius 2 is 1.83 bits per heavy atom. The van der Waals surface area contributed by atoms with Gasteiger partial charge in [-0.1, -0.05) is 36.5 Å². The smallest absolute Gasteiger partial charge is 0.212 e. The third kappa shape index (κ3) is 7.21. The molecule has 0 bridgehead atoms. The standard InChI is InChI=1S/C12H19Cl2NO2S/c1-3-5-12(2)6-4-11-18(16,17)15(9-7-13)10-8-14/h3-6H,1,7-11H2,2H3. The molecule has 0 aromatic carbocycles. The monoisotopic (exact) mass is 311 g/mol. The van der Waals surface area contributed by atoms with Gasteiger partial charge < -0.3 is 0 Å². The van der Waals surface area contributed by atoms with Crippen LogP contribution in [0.4, 0.5) is 0 Å². The Morgan fingerprint density at radius 1 is 1.28 bits per heavy atom. The molecule has 0 saturated heterocycles. The molecule has 0 rings (SSSR count). The summed E-state index contributed by atoms with van der Waals surface area (Å²) < 4.78 is 25.2. The van der Waals surface area contributed by atoms with E-state index < -0.39 is 10.0 Å². The number of rotatable bonds is 9. The van der Waals surface area contributed by atoms with Gasteiger partial charge in [-0.3, -0.25) is 0 Å². The van der Waals surface area contributed by atoms with Crippen LogP contribution in [0, 0.1) is 0 Å². The summed E-state index contributed by atoms with van der Waals surface area (Å²) in [4.78, 5) is 0. The molecule has 6 heteroatoms. The Bertz CT molecular complexity index is 396. The summed E-state index contributed by atoms with van der Waals surface area (Å²) in [5.41, 5.74) is 0.946. The van der Waals surface area contributed by atoms with Gasteiger partial charge in [0.05, 0.1) is 5.75 Å². The van der Waals surface area contributed by atoms with Gasteiger partial charge in [-0.25, -0.2) is 8.42 Å². The maximum atomic E-state index is 12.0. The lowest BCUT2D eigenvalue weighted by molar-refractivity contribution is 0.451. The molecule has 104 valence electrons. The van der Waals surface area contributed by atoms with Crippen molar-refractivity contribution in [3.63, 3.8) is 0 Å². The van der Waals surface area contributed by atoms with Crippen molar-refractivity contribution in [3.8, 4) is 0 Å². The van der Waals surface area contributed by atoms with Crippen molar-refractivity contribution in [2.24, 2.45) is 0 Å². The molecule has 0 unspecified atom stereocenters. The van der Waals surface area contributed by atoms with Crippen LogP contribution in [-0.4, -0.2) is 43.3 Å². The maximum Gasteiger partial charge on any atom is 0.217 e. The van der Waals surface area contributed by atoms with Gasteiger partial charge in [0.25, 0.3) is 0 Å². The van der Waals surface area contributed by atoms with Crippen molar-refractivity contribution in [3.05, 3.63) is 36.5 Å². The summed E-state index contributed by atoms with van der Waals surface area (Å²) in [7, 11) is -3.33. The Hall–Kier alpha value is -0.290. The van der Waals surface area contributed by atoms with Crippen molar-refractivity contribution in [1.29, 1.82) is 0 Å². The molecule has 0 aromatic rings. The van der Waals surface area contributed by atoms with Gasteiger partial charge in [0.2, 0.25) is 10.0 Å². The number of nitrogens with zero attached hydrogens (tertiary/aromatic N) is 1. The van der Waals surface area contributed by atoms with E-state index in [0.29, 0.717) is 0 Å². The number of hydrogen-bond donors (Lipinski definition) is 0. The molecule has 0 radical (unpaired) electrons. The summed E-state index contributed by atoms with van der Waals surface area (Å²) in [6, 6.07) is 0. The largest absolute Gasteiger partial charge is 0.217 e. The van der Waals surface area contributed by atoms with Gasteiger partial charge in [0.15, 0.2) is 0 Å². The minimum absolute atomic E-state index is 0.0525. The molecule has 0 amide bonds. The second kappa shape index (κ2) is 9.62. The fourth-order valence-corrected chi connectivity index (χ4v) is 3.18. The lowest BCUT2D eigenvalue weighted by atomic mass is 10.2. The number of hydrogen-bond acceptors (Lipinski definition) is 2. The summed E-state index contributed by atoms with van der Waals surface area (Å²) in [5, 5.41) is 0. The Morgan fingerprint density at radius 3 is 2.28 bits per heavy atom. The highest BCUT2D eigenvalue weighted by molar-refractivity contribution is 7.89. The van der Waals surface area contributed by atoms with Crippen LogP contribution in [-0.2, 0) is 10.0 Å². The SMILES string of the molecule is C=CC=C(C)C=CCS(=O)(=O)N(CCCl)CCCl. The van der Waals surface area contributed by atoms with E-state index in [0.717, 1.165) is 5.57 Å². The van der Waals surface area contributed by atoms with Crippen LogP contribution in [0.5, 0.6) is 0 Å². The number of halogens is 2. The van der Waals surface area contributed by atoms with Gasteiger partial charge >= 0.3 is 0 Å². The predicted octanol–water partition coefficient (Wildman–Crippen LogP) is 2.78. The van der Waals surface area contributed by atoms with Gasteiger partial charge in [-0.2, -0.15) is 4.31 Å². The highest BCUT2D eigenvalue weighted by atomic mass is 35.5. The molecule has 0 heterocycles. The van der Waals surface area contributed by atoms with Crippen molar-refractivity contribution in [2.75, 3.05) is 30.6 Å². The first-order chi connectivity index (χ1) is 8.47. The molecule has 0 atom stereocenters. The molecular weight excluding hydrogens is 293 g/mol. The fourth-order valence-electron chi connectivity index (χ4n) is 1.28. The molecular formula is C12H19Cl2NO2S. The van der Waals surface area contributed by atoms with Gasteiger partial charge in [-0.05, 0) is 6.92 Å². The minimum atomic E-state index is -3.33. The zero-order chi connectivity index (χ0) is 14.0. The van der Waals surface area contributed by atoms with E-state index in [1.54, 1.807) is 24.3 Å². The normalized spacial score (nSPS) is 13.4. The molecule has 0 aromatic heterocycles.